The van der Waals surface area contributed by atoms with Crippen LogP contribution in [0.4, 0.5) is 0 Å². The highest BCUT2D eigenvalue weighted by Gasteiger charge is 2.43. The van der Waals surface area contributed by atoms with Crippen LogP contribution in [0.1, 0.15) is 92.1 Å². The Morgan fingerprint density at radius 1 is 1.39 bits per heavy atom. The zero-order chi connectivity index (χ0) is 20.7. The van der Waals surface area contributed by atoms with Gasteiger partial charge in [0.05, 0.1) is 18.6 Å². The third kappa shape index (κ3) is 5.75. The molecule has 2 rings (SSSR count). The lowest BCUT2D eigenvalue weighted by molar-refractivity contribution is -0.149. The summed E-state index contributed by atoms with van der Waals surface area (Å²) in [6.45, 7) is 13.4. The van der Waals surface area contributed by atoms with E-state index >= 15 is 0 Å². The number of carbonyl (C=O) groups is 1. The van der Waals surface area contributed by atoms with Gasteiger partial charge in [-0.05, 0) is 88.2 Å². The Morgan fingerprint density at radius 2 is 2.14 bits per heavy atom. The average Bonchev–Trinajstić information content (AvgIpc) is 3.15. The van der Waals surface area contributed by atoms with E-state index in [1.165, 1.54) is 17.6 Å². The molecule has 1 aromatic heterocycles. The number of allylic oxidation sites excluding steroid dienone is 2. The molecule has 0 aliphatic heterocycles. The Bertz CT molecular complexity index is 639. The van der Waals surface area contributed by atoms with Gasteiger partial charge in [0.1, 0.15) is 0 Å². The molecule has 1 aliphatic carbocycles. The van der Waals surface area contributed by atoms with Crippen LogP contribution in [0, 0.1) is 17.3 Å². The second kappa shape index (κ2) is 10.3. The lowest BCUT2D eigenvalue weighted by Crippen LogP contribution is -2.40. The minimum absolute atomic E-state index is 0.0261. The molecule has 28 heavy (non-hydrogen) atoms. The van der Waals surface area contributed by atoms with E-state index in [1.807, 2.05) is 13.2 Å². The minimum Gasteiger partial charge on any atom is -0.472 e. The van der Waals surface area contributed by atoms with E-state index in [1.54, 1.807) is 11.8 Å². The number of carbonyl (C=O) groups excluding carboxylic acids is 1. The molecule has 1 saturated carbocycles. The zero-order valence-corrected chi connectivity index (χ0v) is 18.8. The molecule has 0 spiro atoms. The average molecular weight is 389 g/mol. The van der Waals surface area contributed by atoms with Gasteiger partial charge in [-0.2, -0.15) is 0 Å². The second-order valence-corrected chi connectivity index (χ2v) is 9.28. The maximum absolute atomic E-state index is 12.4. The Kier molecular flexibility index (Phi) is 8.39. The summed E-state index contributed by atoms with van der Waals surface area (Å²) in [6.07, 6.45) is 11.6. The van der Waals surface area contributed by atoms with Crippen molar-refractivity contribution in [2.45, 2.75) is 99.0 Å². The van der Waals surface area contributed by atoms with Gasteiger partial charge in [-0.3, -0.25) is 4.79 Å². The van der Waals surface area contributed by atoms with Gasteiger partial charge < -0.3 is 9.15 Å². The van der Waals surface area contributed by atoms with Crippen LogP contribution in [-0.2, 0) is 16.0 Å². The monoisotopic (exact) mass is 388 g/mol. The van der Waals surface area contributed by atoms with Gasteiger partial charge in [0, 0.05) is 6.42 Å². The van der Waals surface area contributed by atoms with Crippen LogP contribution in [0.25, 0.3) is 0 Å². The molecule has 0 bridgehead atoms. The Balaban J connectivity index is 2.12. The van der Waals surface area contributed by atoms with E-state index in [-0.39, 0.29) is 17.5 Å². The van der Waals surface area contributed by atoms with Crippen molar-refractivity contribution in [3.05, 3.63) is 35.3 Å². The topological polar surface area (TPSA) is 39.4 Å². The van der Waals surface area contributed by atoms with Crippen molar-refractivity contribution < 1.29 is 13.9 Å². The van der Waals surface area contributed by atoms with E-state index in [0.29, 0.717) is 18.3 Å². The molecule has 158 valence electrons. The highest BCUT2D eigenvalue weighted by Crippen LogP contribution is 2.53. The van der Waals surface area contributed by atoms with Gasteiger partial charge >= 0.3 is 5.97 Å². The van der Waals surface area contributed by atoms with Crippen LogP contribution < -0.4 is 0 Å². The number of aryl methyl sites for hydroxylation is 1. The molecule has 0 aromatic carbocycles. The maximum Gasteiger partial charge on any atom is 0.306 e. The summed E-state index contributed by atoms with van der Waals surface area (Å²) in [5.41, 5.74) is 4.46. The molecule has 1 unspecified atom stereocenters. The molecule has 0 saturated heterocycles. The molecule has 1 fully saturated rings. The molecule has 1 heterocycles. The van der Waals surface area contributed by atoms with E-state index in [0.717, 1.165) is 38.5 Å². The van der Waals surface area contributed by atoms with Crippen molar-refractivity contribution in [1.82, 2.24) is 0 Å². The molecule has 1 aromatic rings. The first-order chi connectivity index (χ1) is 13.3. The van der Waals surface area contributed by atoms with Crippen LogP contribution >= 0.6 is 0 Å². The molecule has 3 heteroatoms. The molecule has 0 radical (unpaired) electrons. The standard InChI is InChI=1S/C25H40O3/c1-7-8-20(5)28-24(26)12-11-23-22(18(2)3)10-9-19(4)25(23,6)15-13-21-14-16-27-17-21/h14,16-17,19-20,23H,7-13,15H2,1-6H3/t19-,20?,23-,25+/m1/s1. The highest BCUT2D eigenvalue weighted by molar-refractivity contribution is 5.69. The summed E-state index contributed by atoms with van der Waals surface area (Å²) in [5.74, 6) is 1.05. The number of furan rings is 1. The van der Waals surface area contributed by atoms with Crippen molar-refractivity contribution in [1.29, 1.82) is 0 Å². The molecule has 0 N–H and O–H groups in total. The summed E-state index contributed by atoms with van der Waals surface area (Å²) in [5, 5.41) is 0. The van der Waals surface area contributed by atoms with E-state index in [4.69, 9.17) is 9.15 Å². The minimum atomic E-state index is -0.0375. The van der Waals surface area contributed by atoms with Crippen molar-refractivity contribution >= 4 is 5.97 Å². The summed E-state index contributed by atoms with van der Waals surface area (Å²) in [4.78, 5) is 12.4. The molecule has 4 atom stereocenters. The summed E-state index contributed by atoms with van der Waals surface area (Å²) in [6, 6.07) is 2.07. The number of hydrogen-bond acceptors (Lipinski definition) is 3. The summed E-state index contributed by atoms with van der Waals surface area (Å²) in [7, 11) is 0. The first-order valence-corrected chi connectivity index (χ1v) is 11.1. The second-order valence-electron chi connectivity index (χ2n) is 9.28. The van der Waals surface area contributed by atoms with Crippen molar-refractivity contribution in [2.24, 2.45) is 17.3 Å². The lowest BCUT2D eigenvalue weighted by Gasteiger charge is -2.49. The Hall–Kier alpha value is -1.51. The molecule has 3 nitrogen and oxygen atoms in total. The van der Waals surface area contributed by atoms with Crippen LogP contribution in [0.15, 0.2) is 34.2 Å². The third-order valence-corrected chi connectivity index (χ3v) is 7.03. The zero-order valence-electron chi connectivity index (χ0n) is 18.8. The van der Waals surface area contributed by atoms with Gasteiger partial charge in [-0.1, -0.05) is 38.3 Å². The van der Waals surface area contributed by atoms with E-state index in [2.05, 4.69) is 40.7 Å². The molecular weight excluding hydrogens is 348 g/mol. The lowest BCUT2D eigenvalue weighted by atomic mass is 9.56. The fourth-order valence-corrected chi connectivity index (χ4v) is 5.00. The predicted molar refractivity (Wildman–Crippen MR) is 115 cm³/mol. The SMILES string of the molecule is CCCC(C)OC(=O)CC[C@@H]1C(=C(C)C)CC[C@@H](C)[C@]1(C)CCc1ccoc1. The number of hydrogen-bond donors (Lipinski definition) is 0. The quantitative estimate of drug-likeness (QED) is 0.334. The van der Waals surface area contributed by atoms with Crippen molar-refractivity contribution in [2.75, 3.05) is 0 Å². The predicted octanol–water partition coefficient (Wildman–Crippen LogP) is 7.11. The van der Waals surface area contributed by atoms with E-state index in [9.17, 15) is 4.79 Å². The molecule has 1 aliphatic rings. The first kappa shape index (κ1) is 22.8. The van der Waals surface area contributed by atoms with Gasteiger partial charge in [0.15, 0.2) is 0 Å². The third-order valence-electron chi connectivity index (χ3n) is 7.03. The van der Waals surface area contributed by atoms with Crippen LogP contribution in [0.5, 0.6) is 0 Å². The first-order valence-electron chi connectivity index (χ1n) is 11.1. The van der Waals surface area contributed by atoms with Crippen molar-refractivity contribution in [3.63, 3.8) is 0 Å². The van der Waals surface area contributed by atoms with Crippen LogP contribution in [0.2, 0.25) is 0 Å². The fourth-order valence-electron chi connectivity index (χ4n) is 5.00. The smallest absolute Gasteiger partial charge is 0.306 e. The van der Waals surface area contributed by atoms with Gasteiger partial charge in [-0.15, -0.1) is 0 Å². The number of rotatable bonds is 9. The summed E-state index contributed by atoms with van der Waals surface area (Å²) >= 11 is 0. The fraction of sp³-hybridized carbons (Fsp3) is 0.720. The van der Waals surface area contributed by atoms with E-state index < -0.39 is 0 Å². The number of ether oxygens (including phenoxy) is 1. The Labute approximate surface area is 171 Å². The number of esters is 1. The van der Waals surface area contributed by atoms with Crippen molar-refractivity contribution in [3.8, 4) is 0 Å². The van der Waals surface area contributed by atoms with Gasteiger partial charge in [-0.25, -0.2) is 0 Å². The molecule has 0 amide bonds. The largest absolute Gasteiger partial charge is 0.472 e. The van der Waals surface area contributed by atoms with Gasteiger partial charge in [0.2, 0.25) is 0 Å². The Morgan fingerprint density at radius 3 is 2.75 bits per heavy atom. The highest BCUT2D eigenvalue weighted by atomic mass is 16.5. The molecular formula is C25H40O3. The van der Waals surface area contributed by atoms with Gasteiger partial charge in [0.25, 0.3) is 0 Å². The van der Waals surface area contributed by atoms with Crippen LogP contribution in [-0.4, -0.2) is 12.1 Å². The summed E-state index contributed by atoms with van der Waals surface area (Å²) < 4.78 is 10.9. The maximum atomic E-state index is 12.4. The normalized spacial score (nSPS) is 26.1. The van der Waals surface area contributed by atoms with Crippen LogP contribution in [0.3, 0.4) is 0 Å².